The van der Waals surface area contributed by atoms with E-state index in [4.69, 9.17) is 14.6 Å². The summed E-state index contributed by atoms with van der Waals surface area (Å²) < 4.78 is 11.2. The predicted molar refractivity (Wildman–Crippen MR) is 75.7 cm³/mol. The molecule has 1 fully saturated rings. The highest BCUT2D eigenvalue weighted by atomic mass is 16.5. The molecule has 1 unspecified atom stereocenters. The van der Waals surface area contributed by atoms with Crippen LogP contribution in [0.25, 0.3) is 0 Å². The maximum Gasteiger partial charge on any atom is 0.335 e. The first kappa shape index (κ1) is 14.7. The highest BCUT2D eigenvalue weighted by Gasteiger charge is 2.18. The number of ether oxygens (including phenoxy) is 2. The molecule has 0 aromatic heterocycles. The molecule has 5 heteroatoms. The Hall–Kier alpha value is -1.75. The molecule has 1 N–H and O–H groups in total. The van der Waals surface area contributed by atoms with Gasteiger partial charge in [-0.2, -0.15) is 0 Å². The summed E-state index contributed by atoms with van der Waals surface area (Å²) >= 11 is 0. The van der Waals surface area contributed by atoms with Crippen LogP contribution in [0.4, 0.5) is 0 Å². The van der Waals surface area contributed by atoms with Gasteiger partial charge in [0.15, 0.2) is 11.5 Å². The first-order valence-electron chi connectivity index (χ1n) is 6.86. The van der Waals surface area contributed by atoms with Crippen molar-refractivity contribution in [1.82, 2.24) is 4.90 Å². The number of hydrogen-bond acceptors (Lipinski definition) is 4. The molecule has 1 atom stereocenters. The maximum absolute atomic E-state index is 11.0. The summed E-state index contributed by atoms with van der Waals surface area (Å²) in [6, 6.07) is 4.72. The monoisotopic (exact) mass is 279 g/mol. The lowest BCUT2D eigenvalue weighted by molar-refractivity contribution is 0.0696. The molecule has 2 rings (SSSR count). The number of carboxylic acid groups (broad SMARTS) is 1. The third kappa shape index (κ3) is 3.63. The molecule has 1 aromatic carbocycles. The van der Waals surface area contributed by atoms with Crippen LogP contribution in [0, 0.1) is 0 Å². The minimum atomic E-state index is -0.967. The lowest BCUT2D eigenvalue weighted by Crippen LogP contribution is -2.21. The minimum absolute atomic E-state index is 0.157. The van der Waals surface area contributed by atoms with E-state index in [9.17, 15) is 4.79 Å². The van der Waals surface area contributed by atoms with Crippen molar-refractivity contribution in [2.75, 3.05) is 27.2 Å². The van der Waals surface area contributed by atoms with Gasteiger partial charge < -0.3 is 19.5 Å². The smallest absolute Gasteiger partial charge is 0.335 e. The minimum Gasteiger partial charge on any atom is -0.493 e. The number of rotatable bonds is 4. The Morgan fingerprint density at radius 2 is 2.10 bits per heavy atom. The van der Waals surface area contributed by atoms with Crippen LogP contribution in [0.15, 0.2) is 18.2 Å². The van der Waals surface area contributed by atoms with Crippen LogP contribution in [-0.2, 0) is 0 Å². The van der Waals surface area contributed by atoms with Gasteiger partial charge >= 0.3 is 5.97 Å². The van der Waals surface area contributed by atoms with Crippen molar-refractivity contribution in [1.29, 1.82) is 0 Å². The van der Waals surface area contributed by atoms with Crippen LogP contribution in [-0.4, -0.2) is 49.3 Å². The van der Waals surface area contributed by atoms with Gasteiger partial charge in [-0.15, -0.1) is 0 Å². The average molecular weight is 279 g/mol. The summed E-state index contributed by atoms with van der Waals surface area (Å²) in [5, 5.41) is 8.98. The van der Waals surface area contributed by atoms with Gasteiger partial charge in [0.1, 0.15) is 6.10 Å². The number of methoxy groups -OCH3 is 1. The molecule has 110 valence electrons. The Labute approximate surface area is 119 Å². The van der Waals surface area contributed by atoms with Crippen LogP contribution in [0.3, 0.4) is 0 Å². The molecule has 0 spiro atoms. The van der Waals surface area contributed by atoms with Crippen molar-refractivity contribution in [2.24, 2.45) is 0 Å². The summed E-state index contributed by atoms with van der Waals surface area (Å²) in [5.74, 6) is 0.125. The molecule has 1 aromatic rings. The van der Waals surface area contributed by atoms with Crippen molar-refractivity contribution in [3.8, 4) is 11.5 Å². The van der Waals surface area contributed by atoms with Crippen molar-refractivity contribution >= 4 is 5.97 Å². The van der Waals surface area contributed by atoms with E-state index in [0.29, 0.717) is 11.5 Å². The third-order valence-electron chi connectivity index (χ3n) is 3.60. The second kappa shape index (κ2) is 6.61. The first-order valence-corrected chi connectivity index (χ1v) is 6.86. The van der Waals surface area contributed by atoms with Gasteiger partial charge in [-0.3, -0.25) is 0 Å². The van der Waals surface area contributed by atoms with E-state index in [2.05, 4.69) is 11.9 Å². The normalized spacial score (nSPS) is 20.2. The number of carboxylic acids is 1. The van der Waals surface area contributed by atoms with Gasteiger partial charge in [0, 0.05) is 6.54 Å². The Kier molecular flexibility index (Phi) is 4.84. The summed E-state index contributed by atoms with van der Waals surface area (Å²) in [4.78, 5) is 13.2. The van der Waals surface area contributed by atoms with Crippen LogP contribution < -0.4 is 9.47 Å². The van der Waals surface area contributed by atoms with Gasteiger partial charge in [-0.05, 0) is 51.1 Å². The van der Waals surface area contributed by atoms with E-state index in [1.807, 2.05) is 0 Å². The summed E-state index contributed by atoms with van der Waals surface area (Å²) in [5.41, 5.74) is 0.204. The quantitative estimate of drug-likeness (QED) is 0.916. The molecule has 1 aliphatic rings. The lowest BCUT2D eigenvalue weighted by atomic mass is 10.1. The Morgan fingerprint density at radius 3 is 2.80 bits per heavy atom. The van der Waals surface area contributed by atoms with E-state index in [-0.39, 0.29) is 11.7 Å². The summed E-state index contributed by atoms with van der Waals surface area (Å²) in [7, 11) is 3.64. The van der Waals surface area contributed by atoms with Gasteiger partial charge in [-0.25, -0.2) is 4.79 Å². The van der Waals surface area contributed by atoms with Crippen LogP contribution in [0.2, 0.25) is 0 Å². The number of likely N-dealkylation sites (tertiary alicyclic amines) is 1. The first-order chi connectivity index (χ1) is 9.60. The zero-order chi connectivity index (χ0) is 14.5. The molecule has 0 bridgehead atoms. The molecular weight excluding hydrogens is 258 g/mol. The van der Waals surface area contributed by atoms with Crippen molar-refractivity contribution in [2.45, 2.75) is 25.4 Å². The fraction of sp³-hybridized carbons (Fsp3) is 0.533. The highest BCUT2D eigenvalue weighted by Crippen LogP contribution is 2.30. The largest absolute Gasteiger partial charge is 0.493 e. The van der Waals surface area contributed by atoms with E-state index in [1.54, 1.807) is 12.1 Å². The summed E-state index contributed by atoms with van der Waals surface area (Å²) in [6.07, 6.45) is 3.25. The number of nitrogens with zero attached hydrogens (tertiary/aromatic N) is 1. The molecule has 0 saturated carbocycles. The molecule has 5 nitrogen and oxygen atoms in total. The fourth-order valence-corrected chi connectivity index (χ4v) is 2.40. The molecule has 0 amide bonds. The number of carbonyl (C=O) groups is 1. The molecule has 0 aliphatic carbocycles. The van der Waals surface area contributed by atoms with Gasteiger partial charge in [0.2, 0.25) is 0 Å². The van der Waals surface area contributed by atoms with E-state index >= 15 is 0 Å². The molecule has 0 radical (unpaired) electrons. The lowest BCUT2D eigenvalue weighted by Gasteiger charge is -2.19. The Balaban J connectivity index is 2.10. The van der Waals surface area contributed by atoms with E-state index in [0.717, 1.165) is 32.4 Å². The Morgan fingerprint density at radius 1 is 1.30 bits per heavy atom. The zero-order valence-corrected chi connectivity index (χ0v) is 12.0. The SMILES string of the molecule is COc1cc(C(=O)O)ccc1OC1CCCN(C)CC1. The average Bonchev–Trinajstić information content (AvgIpc) is 2.64. The number of aromatic carboxylic acids is 1. The fourth-order valence-electron chi connectivity index (χ4n) is 2.40. The van der Waals surface area contributed by atoms with Gasteiger partial charge in [-0.1, -0.05) is 0 Å². The van der Waals surface area contributed by atoms with Gasteiger partial charge in [0.25, 0.3) is 0 Å². The topological polar surface area (TPSA) is 59.0 Å². The highest BCUT2D eigenvalue weighted by molar-refractivity contribution is 5.88. The molecule has 20 heavy (non-hydrogen) atoms. The van der Waals surface area contributed by atoms with Crippen molar-refractivity contribution in [3.05, 3.63) is 23.8 Å². The van der Waals surface area contributed by atoms with Crippen LogP contribution in [0.1, 0.15) is 29.6 Å². The second-order valence-corrected chi connectivity index (χ2v) is 5.14. The number of hydrogen-bond donors (Lipinski definition) is 1. The van der Waals surface area contributed by atoms with Crippen molar-refractivity contribution < 1.29 is 19.4 Å². The van der Waals surface area contributed by atoms with E-state index in [1.165, 1.54) is 13.2 Å². The zero-order valence-electron chi connectivity index (χ0n) is 12.0. The standard InChI is InChI=1S/C15H21NO4/c1-16-8-3-4-12(7-9-16)20-13-6-5-11(15(17)18)10-14(13)19-2/h5-6,10,12H,3-4,7-9H2,1-2H3,(H,17,18). The maximum atomic E-state index is 11.0. The second-order valence-electron chi connectivity index (χ2n) is 5.14. The molecular formula is C15H21NO4. The number of benzene rings is 1. The Bertz CT molecular complexity index is 475. The predicted octanol–water partition coefficient (Wildman–Crippen LogP) is 2.26. The van der Waals surface area contributed by atoms with Gasteiger partial charge in [0.05, 0.1) is 12.7 Å². The molecule has 1 aliphatic heterocycles. The summed E-state index contributed by atoms with van der Waals surface area (Å²) in [6.45, 7) is 2.11. The van der Waals surface area contributed by atoms with Crippen molar-refractivity contribution in [3.63, 3.8) is 0 Å². The van der Waals surface area contributed by atoms with Crippen LogP contribution >= 0.6 is 0 Å². The third-order valence-corrected chi connectivity index (χ3v) is 3.60. The molecule has 1 saturated heterocycles. The van der Waals surface area contributed by atoms with E-state index < -0.39 is 5.97 Å². The molecule has 1 heterocycles. The van der Waals surface area contributed by atoms with Crippen LogP contribution in [0.5, 0.6) is 11.5 Å².